The van der Waals surface area contributed by atoms with E-state index in [9.17, 15) is 18.3 Å². The van der Waals surface area contributed by atoms with E-state index in [1.807, 2.05) is 11.4 Å². The number of aliphatic hydroxyl groups is 1. The lowest BCUT2D eigenvalue weighted by Crippen LogP contribution is -2.07. The minimum absolute atomic E-state index is 0.301. The molecular weight excluding hydrogens is 407 g/mol. The van der Waals surface area contributed by atoms with Gasteiger partial charge in [0.1, 0.15) is 5.82 Å². The molecule has 0 bridgehead atoms. The van der Waals surface area contributed by atoms with Crippen molar-refractivity contribution in [2.75, 3.05) is 5.75 Å². The average Bonchev–Trinajstić information content (AvgIpc) is 3.22. The maximum absolute atomic E-state index is 12.7. The summed E-state index contributed by atoms with van der Waals surface area (Å²) in [6, 6.07) is 9.11. The molecule has 0 saturated heterocycles. The third kappa shape index (κ3) is 4.42. The molecule has 1 aliphatic carbocycles. The van der Waals surface area contributed by atoms with E-state index in [-0.39, 0.29) is 0 Å². The van der Waals surface area contributed by atoms with Crippen molar-refractivity contribution in [3.63, 3.8) is 0 Å². The largest absolute Gasteiger partial charge is 0.416 e. The molecule has 4 nitrogen and oxygen atoms in total. The summed E-state index contributed by atoms with van der Waals surface area (Å²) in [6.45, 7) is 0. The first-order chi connectivity index (χ1) is 13.4. The smallest absolute Gasteiger partial charge is 0.388 e. The zero-order valence-corrected chi connectivity index (χ0v) is 16.4. The second-order valence-electron chi connectivity index (χ2n) is 6.70. The molecule has 0 radical (unpaired) electrons. The lowest BCUT2D eigenvalue weighted by atomic mass is 10.1. The van der Waals surface area contributed by atoms with E-state index in [1.165, 1.54) is 28.8 Å². The van der Waals surface area contributed by atoms with E-state index in [1.54, 1.807) is 11.3 Å². The summed E-state index contributed by atoms with van der Waals surface area (Å²) in [4.78, 5) is 1.22. The molecule has 9 heteroatoms. The fourth-order valence-corrected chi connectivity index (χ4v) is 4.63. The Morgan fingerprint density at radius 1 is 1.18 bits per heavy atom. The Kier molecular flexibility index (Phi) is 5.48. The van der Waals surface area contributed by atoms with Crippen molar-refractivity contribution in [1.29, 1.82) is 0 Å². The number of halogens is 3. The summed E-state index contributed by atoms with van der Waals surface area (Å²) in [5, 5.41) is 21.8. The van der Waals surface area contributed by atoms with Crippen molar-refractivity contribution < 1.29 is 18.3 Å². The van der Waals surface area contributed by atoms with Crippen LogP contribution in [-0.2, 0) is 12.6 Å². The number of nitrogens with zero attached hydrogens (tertiary/aromatic N) is 3. The van der Waals surface area contributed by atoms with Crippen LogP contribution in [0.4, 0.5) is 13.2 Å². The summed E-state index contributed by atoms with van der Waals surface area (Å²) >= 11 is 3.06. The highest BCUT2D eigenvalue weighted by molar-refractivity contribution is 7.99. The van der Waals surface area contributed by atoms with Crippen molar-refractivity contribution in [2.45, 2.75) is 42.7 Å². The Bertz CT molecular complexity index is 919. The standard InChI is InChI=1S/C19H18F3N3OS2/c20-19(21,22)13-5-3-12(4-6-13)16(26)11-28-18-24-23-17(25(18)14-7-8-14)10-15-2-1-9-27-15/h1-6,9,14,16,26H,7-8,10-11H2. The second-order valence-corrected chi connectivity index (χ2v) is 8.72. The number of aliphatic hydroxyl groups excluding tert-OH is 1. The van der Waals surface area contributed by atoms with Crippen molar-refractivity contribution >= 4 is 23.1 Å². The normalized spacial score (nSPS) is 15.7. The third-order valence-electron chi connectivity index (χ3n) is 4.55. The number of rotatable bonds is 7. The Morgan fingerprint density at radius 3 is 2.54 bits per heavy atom. The lowest BCUT2D eigenvalue weighted by molar-refractivity contribution is -0.137. The van der Waals surface area contributed by atoms with Gasteiger partial charge in [-0.1, -0.05) is 30.0 Å². The van der Waals surface area contributed by atoms with Gasteiger partial charge in [0.2, 0.25) is 0 Å². The Hall–Kier alpha value is -1.84. The van der Waals surface area contributed by atoms with E-state index in [4.69, 9.17) is 0 Å². The predicted molar refractivity (Wildman–Crippen MR) is 103 cm³/mol. The first-order valence-electron chi connectivity index (χ1n) is 8.86. The molecule has 1 aliphatic rings. The van der Waals surface area contributed by atoms with Gasteiger partial charge in [0.15, 0.2) is 5.16 Å². The summed E-state index contributed by atoms with van der Waals surface area (Å²) in [6.07, 6.45) is -2.35. The summed E-state index contributed by atoms with van der Waals surface area (Å²) < 4.78 is 40.2. The molecule has 0 aliphatic heterocycles. The van der Waals surface area contributed by atoms with E-state index >= 15 is 0 Å². The van der Waals surface area contributed by atoms with E-state index in [2.05, 4.69) is 20.8 Å². The van der Waals surface area contributed by atoms with Crippen molar-refractivity contribution in [1.82, 2.24) is 14.8 Å². The summed E-state index contributed by atoms with van der Waals surface area (Å²) in [5.74, 6) is 1.21. The first-order valence-corrected chi connectivity index (χ1v) is 10.7. The number of thiophene rings is 1. The van der Waals surface area contributed by atoms with E-state index in [0.29, 0.717) is 17.4 Å². The topological polar surface area (TPSA) is 50.9 Å². The van der Waals surface area contributed by atoms with Gasteiger partial charge in [0.25, 0.3) is 0 Å². The number of thioether (sulfide) groups is 1. The molecule has 1 fully saturated rings. The minimum atomic E-state index is -4.38. The van der Waals surface area contributed by atoms with Gasteiger partial charge in [0.05, 0.1) is 11.7 Å². The van der Waals surface area contributed by atoms with Gasteiger partial charge in [-0.2, -0.15) is 13.2 Å². The van der Waals surface area contributed by atoms with Gasteiger partial charge in [-0.15, -0.1) is 21.5 Å². The number of aromatic nitrogens is 3. The minimum Gasteiger partial charge on any atom is -0.388 e. The Balaban J connectivity index is 1.44. The molecule has 4 rings (SSSR count). The van der Waals surface area contributed by atoms with Crippen LogP contribution in [0.2, 0.25) is 0 Å². The van der Waals surface area contributed by atoms with Gasteiger partial charge in [-0.25, -0.2) is 0 Å². The number of alkyl halides is 3. The summed E-state index contributed by atoms with van der Waals surface area (Å²) in [7, 11) is 0. The SMILES string of the molecule is OC(CSc1nnc(Cc2cccs2)n1C1CC1)c1ccc(C(F)(F)F)cc1. The maximum atomic E-state index is 12.7. The molecule has 1 atom stereocenters. The average molecular weight is 426 g/mol. The molecule has 0 amide bonds. The zero-order valence-electron chi connectivity index (χ0n) is 14.8. The van der Waals surface area contributed by atoms with Crippen LogP contribution in [0.25, 0.3) is 0 Å². The van der Waals surface area contributed by atoms with Gasteiger partial charge < -0.3 is 9.67 Å². The van der Waals surface area contributed by atoms with Crippen LogP contribution in [0, 0.1) is 0 Å². The quantitative estimate of drug-likeness (QED) is 0.535. The molecule has 2 heterocycles. The van der Waals surface area contributed by atoms with Crippen LogP contribution in [0.15, 0.2) is 46.9 Å². The van der Waals surface area contributed by atoms with Crippen molar-refractivity contribution in [2.24, 2.45) is 0 Å². The highest BCUT2D eigenvalue weighted by Gasteiger charge is 2.31. The number of benzene rings is 1. The molecule has 28 heavy (non-hydrogen) atoms. The highest BCUT2D eigenvalue weighted by Crippen LogP contribution is 2.40. The first kappa shape index (κ1) is 19.5. The van der Waals surface area contributed by atoms with Crippen molar-refractivity contribution in [3.8, 4) is 0 Å². The fourth-order valence-electron chi connectivity index (χ4n) is 2.94. The van der Waals surface area contributed by atoms with Crippen LogP contribution in [0.1, 0.15) is 46.8 Å². The van der Waals surface area contributed by atoms with Crippen LogP contribution in [-0.4, -0.2) is 25.6 Å². The van der Waals surface area contributed by atoms with Crippen LogP contribution >= 0.6 is 23.1 Å². The molecule has 1 saturated carbocycles. The highest BCUT2D eigenvalue weighted by atomic mass is 32.2. The molecule has 0 spiro atoms. The molecule has 3 aromatic rings. The second kappa shape index (κ2) is 7.88. The Labute approximate surface area is 168 Å². The molecule has 1 N–H and O–H groups in total. The van der Waals surface area contributed by atoms with Crippen LogP contribution in [0.5, 0.6) is 0 Å². The van der Waals surface area contributed by atoms with Gasteiger partial charge in [0, 0.05) is 23.1 Å². The summed E-state index contributed by atoms with van der Waals surface area (Å²) in [5.41, 5.74) is -0.264. The predicted octanol–water partition coefficient (Wildman–Crippen LogP) is 5.11. The maximum Gasteiger partial charge on any atom is 0.416 e. The monoisotopic (exact) mass is 425 g/mol. The molecule has 1 unspecified atom stereocenters. The third-order valence-corrected chi connectivity index (χ3v) is 6.45. The van der Waals surface area contributed by atoms with Gasteiger partial charge in [-0.3, -0.25) is 0 Å². The number of hydrogen-bond acceptors (Lipinski definition) is 5. The van der Waals surface area contributed by atoms with Crippen LogP contribution in [0.3, 0.4) is 0 Å². The molecule has 1 aromatic carbocycles. The molecule has 2 aromatic heterocycles. The molecular formula is C19H18F3N3OS2. The Morgan fingerprint density at radius 2 is 1.93 bits per heavy atom. The fraction of sp³-hybridized carbons (Fsp3) is 0.368. The molecule has 148 valence electrons. The lowest BCUT2D eigenvalue weighted by Gasteiger charge is -2.13. The van der Waals surface area contributed by atoms with Crippen LogP contribution < -0.4 is 0 Å². The van der Waals surface area contributed by atoms with E-state index < -0.39 is 17.8 Å². The van der Waals surface area contributed by atoms with Gasteiger partial charge >= 0.3 is 6.18 Å². The number of hydrogen-bond donors (Lipinski definition) is 1. The zero-order chi connectivity index (χ0) is 19.7. The van der Waals surface area contributed by atoms with Gasteiger partial charge in [-0.05, 0) is 42.0 Å². The van der Waals surface area contributed by atoms with Crippen molar-refractivity contribution in [3.05, 3.63) is 63.6 Å². The van der Waals surface area contributed by atoms with E-state index in [0.717, 1.165) is 42.4 Å².